The fourth-order valence-electron chi connectivity index (χ4n) is 4.39. The highest BCUT2D eigenvalue weighted by atomic mass is 19.1. The highest BCUT2D eigenvalue weighted by Crippen LogP contribution is 2.40. The quantitative estimate of drug-likeness (QED) is 0.203. The first-order chi connectivity index (χ1) is 19.3. The van der Waals surface area contributed by atoms with Crippen molar-refractivity contribution < 1.29 is 28.2 Å². The van der Waals surface area contributed by atoms with Crippen molar-refractivity contribution in [2.45, 2.75) is 25.3 Å². The van der Waals surface area contributed by atoms with Crippen LogP contribution in [0.15, 0.2) is 72.9 Å². The summed E-state index contributed by atoms with van der Waals surface area (Å²) in [7, 11) is 3.90. The number of nitrogens with zero attached hydrogens (tertiary/aromatic N) is 2. The van der Waals surface area contributed by atoms with Gasteiger partial charge < -0.3 is 25.0 Å². The summed E-state index contributed by atoms with van der Waals surface area (Å²) in [5.41, 5.74) is 3.71. The number of anilines is 2. The lowest BCUT2D eigenvalue weighted by Gasteiger charge is -2.10. The Labute approximate surface area is 230 Å². The Kier molecular flexibility index (Phi) is 7.79. The van der Waals surface area contributed by atoms with Crippen LogP contribution in [-0.2, 0) is 16.0 Å². The number of esters is 1. The maximum absolute atomic E-state index is 14.0. The van der Waals surface area contributed by atoms with Gasteiger partial charge in [0, 0.05) is 23.8 Å². The minimum Gasteiger partial charge on any atom is -0.424 e. The van der Waals surface area contributed by atoms with Crippen LogP contribution in [0.4, 0.5) is 25.4 Å². The lowest BCUT2D eigenvalue weighted by Crippen LogP contribution is -2.19. The third kappa shape index (κ3) is 6.47. The summed E-state index contributed by atoms with van der Waals surface area (Å²) >= 11 is 0. The molecule has 1 heterocycles. The Morgan fingerprint density at radius 3 is 2.35 bits per heavy atom. The molecule has 1 aromatic heterocycles. The van der Waals surface area contributed by atoms with E-state index >= 15 is 0 Å². The number of ether oxygens (including phenoxy) is 2. The van der Waals surface area contributed by atoms with E-state index in [0.717, 1.165) is 16.7 Å². The van der Waals surface area contributed by atoms with Gasteiger partial charge in [0.25, 0.3) is 0 Å². The number of amides is 2. The number of nitrogens with one attached hydrogen (secondary N) is 2. The van der Waals surface area contributed by atoms with Gasteiger partial charge in [0.05, 0.1) is 16.8 Å². The van der Waals surface area contributed by atoms with Crippen molar-refractivity contribution in [2.24, 2.45) is 0 Å². The van der Waals surface area contributed by atoms with Crippen molar-refractivity contribution in [3.8, 4) is 0 Å². The van der Waals surface area contributed by atoms with Crippen molar-refractivity contribution in [1.82, 2.24) is 9.47 Å². The summed E-state index contributed by atoms with van der Waals surface area (Å²) in [5, 5.41) is 5.70. The van der Waals surface area contributed by atoms with Gasteiger partial charge in [-0.3, -0.25) is 4.57 Å². The summed E-state index contributed by atoms with van der Waals surface area (Å²) in [6.07, 6.45) is 2.83. The second-order valence-electron chi connectivity index (χ2n) is 9.94. The van der Waals surface area contributed by atoms with Crippen LogP contribution in [0.25, 0.3) is 10.9 Å². The smallest absolute Gasteiger partial charge is 0.421 e. The van der Waals surface area contributed by atoms with E-state index in [1.54, 1.807) is 12.1 Å². The average Bonchev–Trinajstić information content (AvgIpc) is 3.72. The van der Waals surface area contributed by atoms with Crippen LogP contribution in [0, 0.1) is 5.82 Å². The van der Waals surface area contributed by atoms with E-state index in [1.165, 1.54) is 42.8 Å². The molecule has 206 valence electrons. The van der Waals surface area contributed by atoms with Gasteiger partial charge in [-0.05, 0) is 86.4 Å². The average molecular weight is 545 g/mol. The zero-order valence-electron chi connectivity index (χ0n) is 22.1. The van der Waals surface area contributed by atoms with Gasteiger partial charge in [-0.25, -0.2) is 18.8 Å². The molecule has 0 atom stereocenters. The van der Waals surface area contributed by atoms with Gasteiger partial charge in [-0.2, -0.15) is 0 Å². The van der Waals surface area contributed by atoms with Crippen LogP contribution in [-0.4, -0.2) is 48.4 Å². The first kappa shape index (κ1) is 26.9. The zero-order valence-corrected chi connectivity index (χ0v) is 22.1. The number of urea groups is 1. The SMILES string of the molecule is CN(C)Cc1ccc(C(=O)OCOC(=O)n2cc(NC(=O)Nc3ccc(C4CC4)cc3)c3cc(F)ccc32)cc1. The first-order valence-electron chi connectivity index (χ1n) is 12.8. The summed E-state index contributed by atoms with van der Waals surface area (Å²) in [4.78, 5) is 39.8. The molecular formula is C30H29FN4O5. The number of fused-ring (bicyclic) bond motifs is 1. The summed E-state index contributed by atoms with van der Waals surface area (Å²) in [6.45, 7) is 0.103. The first-order valence-corrected chi connectivity index (χ1v) is 12.8. The normalized spacial score (nSPS) is 12.8. The van der Waals surface area contributed by atoms with E-state index < -0.39 is 30.7 Å². The van der Waals surface area contributed by atoms with Crippen LogP contribution < -0.4 is 10.6 Å². The second kappa shape index (κ2) is 11.6. The van der Waals surface area contributed by atoms with E-state index in [9.17, 15) is 18.8 Å². The van der Waals surface area contributed by atoms with Gasteiger partial charge in [0.1, 0.15) is 5.82 Å². The fraction of sp³-hybridized carbons (Fsp3) is 0.233. The maximum Gasteiger partial charge on any atom is 0.421 e. The van der Waals surface area contributed by atoms with E-state index in [0.29, 0.717) is 28.1 Å². The molecule has 3 aromatic carbocycles. The summed E-state index contributed by atoms with van der Waals surface area (Å²) in [5.74, 6) is -0.581. The molecule has 1 fully saturated rings. The Hall–Kier alpha value is -4.70. The molecule has 2 amide bonds. The summed E-state index contributed by atoms with van der Waals surface area (Å²) < 4.78 is 25.4. The van der Waals surface area contributed by atoms with E-state index in [1.807, 2.05) is 55.4 Å². The number of benzene rings is 3. The molecule has 0 aliphatic heterocycles. The van der Waals surface area contributed by atoms with Crippen molar-refractivity contribution in [2.75, 3.05) is 31.5 Å². The monoisotopic (exact) mass is 544 g/mol. The van der Waals surface area contributed by atoms with Crippen molar-refractivity contribution in [3.05, 3.63) is 95.4 Å². The highest BCUT2D eigenvalue weighted by Gasteiger charge is 2.23. The molecule has 2 N–H and O–H groups in total. The molecule has 0 bridgehead atoms. The molecule has 1 aliphatic rings. The van der Waals surface area contributed by atoms with E-state index in [4.69, 9.17) is 9.47 Å². The lowest BCUT2D eigenvalue weighted by atomic mass is 10.1. The van der Waals surface area contributed by atoms with Crippen LogP contribution in [0.5, 0.6) is 0 Å². The number of hydrogen-bond donors (Lipinski definition) is 2. The third-order valence-corrected chi connectivity index (χ3v) is 6.49. The number of halogens is 1. The Balaban J connectivity index is 1.22. The van der Waals surface area contributed by atoms with Crippen LogP contribution in [0.1, 0.15) is 40.2 Å². The standard InChI is InChI=1S/C30H29FN4O5/c1-34(2)16-19-3-5-22(6-4-19)28(36)39-18-40-30(38)35-17-26(25-15-23(31)11-14-27(25)35)33-29(37)32-24-12-9-21(10-13-24)20-7-8-20/h3-6,9-15,17,20H,7-8,16,18H2,1-2H3,(H2,32,33,37). The molecule has 10 heteroatoms. The molecule has 0 spiro atoms. The van der Waals surface area contributed by atoms with Gasteiger partial charge >= 0.3 is 18.1 Å². The molecule has 0 unspecified atom stereocenters. The largest absolute Gasteiger partial charge is 0.424 e. The molecule has 0 saturated heterocycles. The Bertz CT molecular complexity index is 1540. The molecular weight excluding hydrogens is 515 g/mol. The Morgan fingerprint density at radius 2 is 1.68 bits per heavy atom. The predicted octanol–water partition coefficient (Wildman–Crippen LogP) is 6.16. The van der Waals surface area contributed by atoms with Crippen molar-refractivity contribution in [3.63, 3.8) is 0 Å². The van der Waals surface area contributed by atoms with Crippen LogP contribution in [0.2, 0.25) is 0 Å². The van der Waals surface area contributed by atoms with Crippen LogP contribution in [0.3, 0.4) is 0 Å². The summed E-state index contributed by atoms with van der Waals surface area (Å²) in [6, 6.07) is 17.8. The molecule has 40 heavy (non-hydrogen) atoms. The van der Waals surface area contributed by atoms with Gasteiger partial charge in [0.2, 0.25) is 6.79 Å². The van der Waals surface area contributed by atoms with Crippen molar-refractivity contribution in [1.29, 1.82) is 0 Å². The molecule has 0 radical (unpaired) electrons. The third-order valence-electron chi connectivity index (χ3n) is 6.49. The zero-order chi connectivity index (χ0) is 28.2. The second-order valence-corrected chi connectivity index (χ2v) is 9.94. The molecule has 1 saturated carbocycles. The lowest BCUT2D eigenvalue weighted by molar-refractivity contribution is -0.00176. The highest BCUT2D eigenvalue weighted by molar-refractivity contribution is 6.07. The van der Waals surface area contributed by atoms with Gasteiger partial charge in [-0.15, -0.1) is 0 Å². The molecule has 5 rings (SSSR count). The topological polar surface area (TPSA) is 102 Å². The van der Waals surface area contributed by atoms with E-state index in [2.05, 4.69) is 10.6 Å². The number of hydrogen-bond acceptors (Lipinski definition) is 6. The minimum atomic E-state index is -0.866. The minimum absolute atomic E-state index is 0.202. The number of aromatic nitrogens is 1. The number of rotatable bonds is 8. The number of carbonyl (C=O) groups is 3. The molecule has 1 aliphatic carbocycles. The number of carbonyl (C=O) groups excluding carboxylic acids is 3. The van der Waals surface area contributed by atoms with Crippen LogP contribution >= 0.6 is 0 Å². The molecule has 9 nitrogen and oxygen atoms in total. The van der Waals surface area contributed by atoms with Crippen molar-refractivity contribution >= 4 is 40.4 Å². The van der Waals surface area contributed by atoms with E-state index in [-0.39, 0.29) is 5.69 Å². The van der Waals surface area contributed by atoms with Gasteiger partial charge in [-0.1, -0.05) is 24.3 Å². The maximum atomic E-state index is 14.0. The molecule has 4 aromatic rings. The fourth-order valence-corrected chi connectivity index (χ4v) is 4.39. The van der Waals surface area contributed by atoms with Gasteiger partial charge in [0.15, 0.2) is 0 Å². The Morgan fingerprint density at radius 1 is 0.950 bits per heavy atom. The predicted molar refractivity (Wildman–Crippen MR) is 149 cm³/mol.